The highest BCUT2D eigenvalue weighted by atomic mass is 79.9. The van der Waals surface area contributed by atoms with E-state index in [4.69, 9.17) is 5.73 Å². The summed E-state index contributed by atoms with van der Waals surface area (Å²) < 4.78 is 1.08. The molecule has 0 spiro atoms. The maximum absolute atomic E-state index is 11.6. The molecular formula is C17H19BrN4O3. The number of aryl methyl sites for hydroxylation is 1. The van der Waals surface area contributed by atoms with Crippen molar-refractivity contribution in [2.45, 2.75) is 32.7 Å². The molecule has 0 bridgehead atoms. The number of halogens is 1. The average Bonchev–Trinajstić information content (AvgIpc) is 2.55. The molecular weight excluding hydrogens is 388 g/mol. The van der Waals surface area contributed by atoms with Crippen LogP contribution in [0.2, 0.25) is 0 Å². The number of carbonyl (C=O) groups is 1. The fourth-order valence-corrected chi connectivity index (χ4v) is 3.11. The van der Waals surface area contributed by atoms with Crippen LogP contribution in [0.5, 0.6) is 0 Å². The zero-order chi connectivity index (χ0) is 18.6. The molecule has 3 rings (SSSR count). The van der Waals surface area contributed by atoms with Crippen molar-refractivity contribution in [2.24, 2.45) is 0 Å². The third-order valence-electron chi connectivity index (χ3n) is 3.89. The van der Waals surface area contributed by atoms with Crippen molar-refractivity contribution < 1.29 is 9.72 Å². The Kier molecular flexibility index (Phi) is 6.08. The maximum atomic E-state index is 11.6. The smallest absolute Gasteiger partial charge is 0.287 e. The summed E-state index contributed by atoms with van der Waals surface area (Å²) in [6, 6.07) is 9.14. The Morgan fingerprint density at radius 2 is 2.12 bits per heavy atom. The largest absolute Gasteiger partial charge is 0.384 e. The summed E-state index contributed by atoms with van der Waals surface area (Å²) in [6.45, 7) is 3.74. The van der Waals surface area contributed by atoms with Gasteiger partial charge in [-0.25, -0.2) is 4.98 Å². The van der Waals surface area contributed by atoms with Crippen molar-refractivity contribution in [3.05, 3.63) is 56.7 Å². The van der Waals surface area contributed by atoms with Crippen LogP contribution in [0.15, 0.2) is 41.0 Å². The van der Waals surface area contributed by atoms with Gasteiger partial charge in [0.25, 0.3) is 5.69 Å². The third-order valence-corrected chi connectivity index (χ3v) is 4.39. The Bertz CT molecular complexity index is 780. The number of anilines is 2. The molecule has 1 aliphatic rings. The molecule has 2 heterocycles. The number of nitro groups is 1. The van der Waals surface area contributed by atoms with E-state index in [9.17, 15) is 14.9 Å². The first kappa shape index (κ1) is 18.9. The van der Waals surface area contributed by atoms with E-state index in [0.717, 1.165) is 29.2 Å². The van der Waals surface area contributed by atoms with Crippen LogP contribution in [-0.2, 0) is 11.2 Å². The van der Waals surface area contributed by atoms with E-state index in [0.29, 0.717) is 6.04 Å². The highest BCUT2D eigenvalue weighted by Gasteiger charge is 2.25. The van der Waals surface area contributed by atoms with E-state index in [1.54, 1.807) is 6.92 Å². The Labute approximate surface area is 154 Å². The van der Waals surface area contributed by atoms with Gasteiger partial charge in [-0.05, 0) is 49.6 Å². The maximum Gasteiger partial charge on any atom is 0.287 e. The summed E-state index contributed by atoms with van der Waals surface area (Å²) in [4.78, 5) is 26.5. The van der Waals surface area contributed by atoms with Gasteiger partial charge in [0.1, 0.15) is 12.0 Å². The van der Waals surface area contributed by atoms with Crippen molar-refractivity contribution >= 4 is 39.0 Å². The number of fused-ring (bicyclic) bond motifs is 1. The Balaban J connectivity index is 0.000000196. The van der Waals surface area contributed by atoms with Gasteiger partial charge in [0.15, 0.2) is 0 Å². The highest BCUT2D eigenvalue weighted by Crippen LogP contribution is 2.32. The molecule has 1 aliphatic heterocycles. The number of rotatable bonds is 1. The van der Waals surface area contributed by atoms with Crippen LogP contribution in [0.1, 0.15) is 25.8 Å². The molecule has 0 unspecified atom stereocenters. The van der Waals surface area contributed by atoms with Crippen molar-refractivity contribution in [1.82, 2.24) is 4.98 Å². The number of aromatic nitrogens is 1. The van der Waals surface area contributed by atoms with Crippen LogP contribution in [0.25, 0.3) is 0 Å². The van der Waals surface area contributed by atoms with E-state index in [1.807, 2.05) is 17.0 Å². The van der Waals surface area contributed by atoms with Crippen LogP contribution in [-0.4, -0.2) is 21.9 Å². The molecule has 132 valence electrons. The molecule has 1 aromatic carbocycles. The monoisotopic (exact) mass is 406 g/mol. The molecule has 7 nitrogen and oxygen atoms in total. The molecule has 0 radical (unpaired) electrons. The minimum Gasteiger partial charge on any atom is -0.384 e. The normalized spacial score (nSPS) is 15.6. The van der Waals surface area contributed by atoms with Crippen LogP contribution in [0, 0.1) is 10.1 Å². The number of hydrogen-bond acceptors (Lipinski definition) is 5. The predicted molar refractivity (Wildman–Crippen MR) is 100 cm³/mol. The fraction of sp³-hybridized carbons (Fsp3) is 0.294. The third kappa shape index (κ3) is 4.76. The number of nitrogens with two attached hydrogens (primary N) is 1. The average molecular weight is 407 g/mol. The molecule has 0 fully saturated rings. The van der Waals surface area contributed by atoms with E-state index in [1.165, 1.54) is 17.7 Å². The zero-order valence-corrected chi connectivity index (χ0v) is 15.6. The second kappa shape index (κ2) is 8.06. The van der Waals surface area contributed by atoms with Crippen molar-refractivity contribution in [1.29, 1.82) is 0 Å². The van der Waals surface area contributed by atoms with Gasteiger partial charge >= 0.3 is 0 Å². The summed E-state index contributed by atoms with van der Waals surface area (Å²) in [5.74, 6) is 0.413. The lowest BCUT2D eigenvalue weighted by molar-refractivity contribution is -0.385. The predicted octanol–water partition coefficient (Wildman–Crippen LogP) is 3.71. The van der Waals surface area contributed by atoms with Crippen molar-refractivity contribution in [3.8, 4) is 0 Å². The number of benzene rings is 1. The topological polar surface area (TPSA) is 102 Å². The first-order chi connectivity index (χ1) is 11.8. The van der Waals surface area contributed by atoms with Gasteiger partial charge in [0.05, 0.1) is 4.92 Å². The molecule has 0 saturated heterocycles. The molecule has 1 atom stereocenters. The standard InChI is InChI=1S/C12H14BrNO.C5H5N3O2/c1-8-3-4-10-7-11(13)5-6-12(10)14(8)9(2)15;6-5-2-1-4(3-7-5)8(9)10/h5-8H,3-4H2,1-2H3;1-3H,(H2,6,7)/t8-;/m0./s1. The van der Waals surface area contributed by atoms with Gasteiger partial charge in [0.2, 0.25) is 5.91 Å². The lowest BCUT2D eigenvalue weighted by atomic mass is 9.97. The minimum atomic E-state index is -0.521. The Hall–Kier alpha value is -2.48. The summed E-state index contributed by atoms with van der Waals surface area (Å²) in [7, 11) is 0. The molecule has 1 amide bonds. The highest BCUT2D eigenvalue weighted by molar-refractivity contribution is 9.10. The lowest BCUT2D eigenvalue weighted by Crippen LogP contribution is -2.40. The SMILES string of the molecule is CC(=O)N1c2ccc(Br)cc2CC[C@@H]1C.Nc1ccc([N+](=O)[O-])cn1. The molecule has 1 aromatic heterocycles. The summed E-state index contributed by atoms with van der Waals surface area (Å²) >= 11 is 3.46. The molecule has 2 N–H and O–H groups in total. The van der Waals surface area contributed by atoms with Gasteiger partial charge in [-0.3, -0.25) is 14.9 Å². The van der Waals surface area contributed by atoms with Crippen LogP contribution in [0.3, 0.4) is 0 Å². The van der Waals surface area contributed by atoms with Crippen LogP contribution in [0.4, 0.5) is 17.2 Å². The quantitative estimate of drug-likeness (QED) is 0.574. The number of pyridine rings is 1. The van der Waals surface area contributed by atoms with Gasteiger partial charge in [-0.2, -0.15) is 0 Å². The minimum absolute atomic E-state index is 0.0470. The van der Waals surface area contributed by atoms with Crippen molar-refractivity contribution in [3.63, 3.8) is 0 Å². The summed E-state index contributed by atoms with van der Waals surface area (Å²) in [6.07, 6.45) is 3.22. The fourth-order valence-electron chi connectivity index (χ4n) is 2.71. The number of amides is 1. The molecule has 25 heavy (non-hydrogen) atoms. The van der Waals surface area contributed by atoms with Crippen LogP contribution < -0.4 is 10.6 Å². The molecule has 0 aliphatic carbocycles. The van der Waals surface area contributed by atoms with Crippen LogP contribution >= 0.6 is 15.9 Å². The summed E-state index contributed by atoms with van der Waals surface area (Å²) in [5.41, 5.74) is 7.48. The second-order valence-corrected chi connectivity index (χ2v) is 6.66. The number of nitrogens with zero attached hydrogens (tertiary/aromatic N) is 3. The second-order valence-electron chi connectivity index (χ2n) is 5.75. The number of hydrogen-bond donors (Lipinski definition) is 1. The van der Waals surface area contributed by atoms with E-state index < -0.39 is 4.92 Å². The number of nitrogen functional groups attached to an aromatic ring is 1. The summed E-state index contributed by atoms with van der Waals surface area (Å²) in [5, 5.41) is 10.0. The van der Waals surface area contributed by atoms with Gasteiger partial charge in [-0.15, -0.1) is 0 Å². The molecule has 0 saturated carbocycles. The van der Waals surface area contributed by atoms with Gasteiger partial charge in [0, 0.05) is 29.2 Å². The first-order valence-electron chi connectivity index (χ1n) is 7.73. The zero-order valence-electron chi connectivity index (χ0n) is 14.0. The van der Waals surface area contributed by atoms with Gasteiger partial charge in [-0.1, -0.05) is 15.9 Å². The van der Waals surface area contributed by atoms with E-state index in [2.05, 4.69) is 33.9 Å². The van der Waals surface area contributed by atoms with Crippen molar-refractivity contribution in [2.75, 3.05) is 10.6 Å². The first-order valence-corrected chi connectivity index (χ1v) is 8.53. The Morgan fingerprint density at radius 1 is 1.40 bits per heavy atom. The molecule has 2 aromatic rings. The van der Waals surface area contributed by atoms with Gasteiger partial charge < -0.3 is 10.6 Å². The Morgan fingerprint density at radius 3 is 2.68 bits per heavy atom. The lowest BCUT2D eigenvalue weighted by Gasteiger charge is -2.34. The van der Waals surface area contributed by atoms with E-state index in [-0.39, 0.29) is 17.4 Å². The number of carbonyl (C=O) groups excluding carboxylic acids is 1. The molecule has 8 heteroatoms. The van der Waals surface area contributed by atoms with E-state index >= 15 is 0 Å².